The minimum Gasteiger partial charge on any atom is -0.379 e. The van der Waals surface area contributed by atoms with Crippen LogP contribution in [0.25, 0.3) is 15.9 Å². The number of benzene rings is 1. The first-order valence-electron chi connectivity index (χ1n) is 6.82. The lowest BCUT2D eigenvalue weighted by atomic mass is 10.2. The number of fused-ring (bicyclic) bond motifs is 2. The van der Waals surface area contributed by atoms with E-state index in [4.69, 9.17) is 0 Å². The second-order valence-corrected chi connectivity index (χ2v) is 6.34. The van der Waals surface area contributed by atoms with E-state index in [1.54, 1.807) is 11.3 Å². The van der Waals surface area contributed by atoms with Crippen LogP contribution in [0.2, 0.25) is 0 Å². The standard InChI is InChI=1S/C15H15N5S/c1-9-8-20-14(10(2)18-15(20)21-9)7-16-12-4-3-5-13-11(12)6-17-19-13/h3-6,8,16H,7H2,1-2H3,(H,17,19). The minimum absolute atomic E-state index is 0.744. The first kappa shape index (κ1) is 12.4. The van der Waals surface area contributed by atoms with Gasteiger partial charge in [-0.2, -0.15) is 5.10 Å². The molecule has 2 N–H and O–H groups in total. The summed E-state index contributed by atoms with van der Waals surface area (Å²) in [7, 11) is 0. The molecule has 0 aliphatic heterocycles. The number of thiazole rings is 1. The Hall–Kier alpha value is -2.34. The third-order valence-electron chi connectivity index (χ3n) is 3.67. The molecule has 106 valence electrons. The number of H-pyrrole nitrogens is 1. The van der Waals surface area contributed by atoms with Crippen LogP contribution in [0.1, 0.15) is 16.3 Å². The van der Waals surface area contributed by atoms with Crippen LogP contribution in [-0.4, -0.2) is 19.6 Å². The number of rotatable bonds is 3. The molecule has 1 aromatic carbocycles. The molecule has 21 heavy (non-hydrogen) atoms. The number of hydrogen-bond donors (Lipinski definition) is 2. The fraction of sp³-hybridized carbons (Fsp3) is 0.200. The van der Waals surface area contributed by atoms with E-state index in [1.807, 2.05) is 18.3 Å². The molecule has 3 heterocycles. The molecule has 0 aliphatic rings. The lowest BCUT2D eigenvalue weighted by molar-refractivity contribution is 0.993. The molecule has 0 saturated carbocycles. The highest BCUT2D eigenvalue weighted by Gasteiger charge is 2.11. The van der Waals surface area contributed by atoms with Crippen molar-refractivity contribution in [2.75, 3.05) is 5.32 Å². The van der Waals surface area contributed by atoms with Crippen molar-refractivity contribution in [2.24, 2.45) is 0 Å². The number of hydrogen-bond acceptors (Lipinski definition) is 4. The zero-order valence-electron chi connectivity index (χ0n) is 11.8. The largest absolute Gasteiger partial charge is 0.379 e. The molecule has 4 rings (SSSR count). The van der Waals surface area contributed by atoms with Gasteiger partial charge in [-0.3, -0.25) is 9.50 Å². The maximum Gasteiger partial charge on any atom is 0.194 e. The fourth-order valence-corrected chi connectivity index (χ4v) is 3.51. The molecule has 3 aromatic heterocycles. The van der Waals surface area contributed by atoms with Gasteiger partial charge in [0.15, 0.2) is 4.96 Å². The summed E-state index contributed by atoms with van der Waals surface area (Å²) in [5.74, 6) is 0. The van der Waals surface area contributed by atoms with E-state index in [0.717, 1.165) is 33.8 Å². The van der Waals surface area contributed by atoms with Crippen LogP contribution in [0.5, 0.6) is 0 Å². The van der Waals surface area contributed by atoms with Gasteiger partial charge in [-0.15, -0.1) is 11.3 Å². The molecule has 0 unspecified atom stereocenters. The van der Waals surface area contributed by atoms with E-state index in [0.29, 0.717) is 0 Å². The van der Waals surface area contributed by atoms with Gasteiger partial charge in [0.2, 0.25) is 0 Å². The minimum atomic E-state index is 0.744. The predicted octanol–water partition coefficient (Wildman–Crippen LogP) is 3.50. The average molecular weight is 297 g/mol. The van der Waals surface area contributed by atoms with Crippen LogP contribution in [0, 0.1) is 13.8 Å². The van der Waals surface area contributed by atoms with E-state index in [1.165, 1.54) is 10.6 Å². The van der Waals surface area contributed by atoms with Crippen LogP contribution in [0.4, 0.5) is 5.69 Å². The topological polar surface area (TPSA) is 58.0 Å². The van der Waals surface area contributed by atoms with Crippen LogP contribution in [0.3, 0.4) is 0 Å². The Morgan fingerprint density at radius 3 is 3.14 bits per heavy atom. The van der Waals surface area contributed by atoms with E-state index in [-0.39, 0.29) is 0 Å². The summed E-state index contributed by atoms with van der Waals surface area (Å²) in [5, 5.41) is 11.7. The lowest BCUT2D eigenvalue weighted by Gasteiger charge is -2.07. The molecule has 4 aromatic rings. The highest BCUT2D eigenvalue weighted by atomic mass is 32.1. The third-order valence-corrected chi connectivity index (χ3v) is 4.57. The van der Waals surface area contributed by atoms with Gasteiger partial charge in [0, 0.05) is 22.1 Å². The summed E-state index contributed by atoms with van der Waals surface area (Å²) < 4.78 is 2.18. The zero-order chi connectivity index (χ0) is 14.4. The summed E-state index contributed by atoms with van der Waals surface area (Å²) in [6.45, 7) is 4.91. The van der Waals surface area contributed by atoms with E-state index >= 15 is 0 Å². The number of aromatic nitrogens is 4. The first-order valence-corrected chi connectivity index (χ1v) is 7.64. The quantitative estimate of drug-likeness (QED) is 0.608. The van der Waals surface area contributed by atoms with Crippen LogP contribution in [0.15, 0.2) is 30.6 Å². The molecule has 0 aliphatic carbocycles. The SMILES string of the molecule is Cc1cn2c(CNc3cccc4[nH]ncc34)c(C)nc2s1. The lowest BCUT2D eigenvalue weighted by Crippen LogP contribution is -2.03. The van der Waals surface area contributed by atoms with Gasteiger partial charge in [0.25, 0.3) is 0 Å². The third kappa shape index (κ3) is 1.99. The van der Waals surface area contributed by atoms with Crippen LogP contribution >= 0.6 is 11.3 Å². The van der Waals surface area contributed by atoms with Crippen molar-refractivity contribution in [3.8, 4) is 0 Å². The molecule has 0 saturated heterocycles. The van der Waals surface area contributed by atoms with Gasteiger partial charge in [-0.25, -0.2) is 4.98 Å². The monoisotopic (exact) mass is 297 g/mol. The highest BCUT2D eigenvalue weighted by Crippen LogP contribution is 2.24. The van der Waals surface area contributed by atoms with Gasteiger partial charge < -0.3 is 5.32 Å². The highest BCUT2D eigenvalue weighted by molar-refractivity contribution is 7.17. The van der Waals surface area contributed by atoms with Crippen LogP contribution < -0.4 is 5.32 Å². The molecule has 0 fully saturated rings. The van der Waals surface area contributed by atoms with Gasteiger partial charge in [-0.05, 0) is 26.0 Å². The van der Waals surface area contributed by atoms with Gasteiger partial charge in [0.05, 0.1) is 29.6 Å². The summed E-state index contributed by atoms with van der Waals surface area (Å²) in [4.78, 5) is 6.95. The number of anilines is 1. The molecule has 0 radical (unpaired) electrons. The fourth-order valence-electron chi connectivity index (χ4n) is 2.62. The maximum absolute atomic E-state index is 4.62. The molecule has 0 atom stereocenters. The number of nitrogens with one attached hydrogen (secondary N) is 2. The number of aromatic amines is 1. The zero-order valence-corrected chi connectivity index (χ0v) is 12.7. The maximum atomic E-state index is 4.62. The van der Waals surface area contributed by atoms with E-state index in [9.17, 15) is 0 Å². The smallest absolute Gasteiger partial charge is 0.194 e. The predicted molar refractivity (Wildman–Crippen MR) is 86.0 cm³/mol. The van der Waals surface area contributed by atoms with Crippen molar-refractivity contribution >= 4 is 32.9 Å². The summed E-state index contributed by atoms with van der Waals surface area (Å²) in [6, 6.07) is 6.12. The Labute approximate surface area is 125 Å². The Morgan fingerprint density at radius 2 is 2.24 bits per heavy atom. The Kier molecular flexibility index (Phi) is 2.71. The van der Waals surface area contributed by atoms with Crippen molar-refractivity contribution in [3.05, 3.63) is 46.9 Å². The molecule has 5 nitrogen and oxygen atoms in total. The molecular weight excluding hydrogens is 282 g/mol. The Balaban J connectivity index is 1.69. The summed E-state index contributed by atoms with van der Waals surface area (Å²) in [6.07, 6.45) is 4.00. The number of imidazole rings is 1. The summed E-state index contributed by atoms with van der Waals surface area (Å²) >= 11 is 1.72. The van der Waals surface area contributed by atoms with Gasteiger partial charge >= 0.3 is 0 Å². The van der Waals surface area contributed by atoms with Crippen LogP contribution in [-0.2, 0) is 6.54 Å². The van der Waals surface area contributed by atoms with E-state index < -0.39 is 0 Å². The van der Waals surface area contributed by atoms with Crippen molar-refractivity contribution in [1.29, 1.82) is 0 Å². The Morgan fingerprint density at radius 1 is 1.33 bits per heavy atom. The van der Waals surface area contributed by atoms with Gasteiger partial charge in [-0.1, -0.05) is 6.07 Å². The van der Waals surface area contributed by atoms with Crippen molar-refractivity contribution in [3.63, 3.8) is 0 Å². The molecule has 0 spiro atoms. The molecular formula is C15H15N5S. The van der Waals surface area contributed by atoms with Crippen molar-refractivity contribution in [1.82, 2.24) is 19.6 Å². The van der Waals surface area contributed by atoms with Crippen molar-refractivity contribution < 1.29 is 0 Å². The molecule has 0 amide bonds. The van der Waals surface area contributed by atoms with Gasteiger partial charge in [0.1, 0.15) is 0 Å². The number of aryl methyl sites for hydroxylation is 2. The number of nitrogens with zero attached hydrogens (tertiary/aromatic N) is 3. The van der Waals surface area contributed by atoms with Crippen molar-refractivity contribution in [2.45, 2.75) is 20.4 Å². The Bertz CT molecular complexity index is 930. The molecule has 6 heteroatoms. The molecule has 0 bridgehead atoms. The normalized spacial score (nSPS) is 11.5. The summed E-state index contributed by atoms with van der Waals surface area (Å²) in [5.41, 5.74) is 4.41. The van der Waals surface area contributed by atoms with E-state index in [2.05, 4.69) is 51.0 Å². The second-order valence-electron chi connectivity index (χ2n) is 5.13. The second kappa shape index (κ2) is 4.60. The first-order chi connectivity index (χ1) is 10.2. The average Bonchev–Trinajstić information content (AvgIpc) is 3.11.